The van der Waals surface area contributed by atoms with Crippen molar-refractivity contribution >= 4 is 33.2 Å². The van der Waals surface area contributed by atoms with Crippen LogP contribution in [0.4, 0.5) is 5.69 Å². The number of rotatable bonds is 1. The maximum atomic E-state index is 11.5. The summed E-state index contributed by atoms with van der Waals surface area (Å²) >= 11 is 9.63. The van der Waals surface area contributed by atoms with Crippen LogP contribution in [0.2, 0.25) is 5.02 Å². The Kier molecular flexibility index (Phi) is 3.33. The number of hydrogen-bond donors (Lipinski definition) is 1. The third-order valence-electron chi connectivity index (χ3n) is 3.33. The number of H-pyrrole nitrogens is 1. The van der Waals surface area contributed by atoms with Gasteiger partial charge in [0.05, 0.1) is 11.9 Å². The van der Waals surface area contributed by atoms with Crippen molar-refractivity contribution in [2.24, 2.45) is 0 Å². The SMILES string of the molecule is O=c1[nH]ncc(N2CCc3cccc(Br)c3C2)c1Cl. The monoisotopic (exact) mass is 339 g/mol. The molecule has 0 aliphatic carbocycles. The van der Waals surface area contributed by atoms with Crippen molar-refractivity contribution in [3.8, 4) is 0 Å². The largest absolute Gasteiger partial charge is 0.364 e. The molecule has 0 fully saturated rings. The number of benzene rings is 1. The van der Waals surface area contributed by atoms with Gasteiger partial charge in [-0.3, -0.25) is 4.79 Å². The predicted molar refractivity (Wildman–Crippen MR) is 78.8 cm³/mol. The summed E-state index contributed by atoms with van der Waals surface area (Å²) in [6.07, 6.45) is 2.53. The average molecular weight is 341 g/mol. The summed E-state index contributed by atoms with van der Waals surface area (Å²) in [4.78, 5) is 13.6. The number of nitrogens with one attached hydrogen (secondary N) is 1. The van der Waals surface area contributed by atoms with E-state index >= 15 is 0 Å². The lowest BCUT2D eigenvalue weighted by molar-refractivity contribution is 0.724. The van der Waals surface area contributed by atoms with E-state index in [9.17, 15) is 4.79 Å². The predicted octanol–water partition coefficient (Wildman–Crippen LogP) is 2.75. The van der Waals surface area contributed by atoms with Gasteiger partial charge in [-0.25, -0.2) is 5.10 Å². The van der Waals surface area contributed by atoms with Crippen LogP contribution in [-0.2, 0) is 13.0 Å². The van der Waals surface area contributed by atoms with Crippen molar-refractivity contribution in [2.75, 3.05) is 11.4 Å². The average Bonchev–Trinajstić information content (AvgIpc) is 2.42. The molecular formula is C13H11BrClN3O. The molecule has 0 amide bonds. The first kappa shape index (κ1) is 12.7. The lowest BCUT2D eigenvalue weighted by Gasteiger charge is -2.31. The first-order valence-corrected chi connectivity index (χ1v) is 7.08. The zero-order valence-electron chi connectivity index (χ0n) is 9.99. The van der Waals surface area contributed by atoms with E-state index in [4.69, 9.17) is 11.6 Å². The Labute approximate surface area is 123 Å². The maximum Gasteiger partial charge on any atom is 0.285 e. The zero-order valence-corrected chi connectivity index (χ0v) is 12.3. The quantitative estimate of drug-likeness (QED) is 0.868. The van der Waals surface area contributed by atoms with Crippen LogP contribution in [0.5, 0.6) is 0 Å². The molecule has 98 valence electrons. The maximum absolute atomic E-state index is 11.5. The third kappa shape index (κ3) is 2.28. The Morgan fingerprint density at radius 1 is 1.42 bits per heavy atom. The lowest BCUT2D eigenvalue weighted by Crippen LogP contribution is -2.32. The fraction of sp³-hybridized carbons (Fsp3) is 0.231. The van der Waals surface area contributed by atoms with E-state index in [1.807, 2.05) is 12.1 Å². The van der Waals surface area contributed by atoms with Gasteiger partial charge in [-0.05, 0) is 23.6 Å². The van der Waals surface area contributed by atoms with E-state index in [1.165, 1.54) is 11.1 Å². The van der Waals surface area contributed by atoms with Crippen LogP contribution < -0.4 is 10.5 Å². The second kappa shape index (κ2) is 4.98. The van der Waals surface area contributed by atoms with Gasteiger partial charge in [0, 0.05) is 17.6 Å². The number of aromatic amines is 1. The van der Waals surface area contributed by atoms with Crippen molar-refractivity contribution in [2.45, 2.75) is 13.0 Å². The molecule has 0 bridgehead atoms. The van der Waals surface area contributed by atoms with Gasteiger partial charge in [0.15, 0.2) is 0 Å². The lowest BCUT2D eigenvalue weighted by atomic mass is 10.00. The summed E-state index contributed by atoms with van der Waals surface area (Å²) in [5, 5.41) is 6.36. The van der Waals surface area contributed by atoms with Gasteiger partial charge in [-0.1, -0.05) is 39.7 Å². The molecule has 0 atom stereocenters. The molecule has 19 heavy (non-hydrogen) atoms. The van der Waals surface area contributed by atoms with Crippen LogP contribution in [0.25, 0.3) is 0 Å². The molecule has 2 heterocycles. The van der Waals surface area contributed by atoms with Gasteiger partial charge in [-0.15, -0.1) is 0 Å². The molecule has 0 saturated heterocycles. The van der Waals surface area contributed by atoms with Crippen LogP contribution in [0, 0.1) is 0 Å². The second-order valence-corrected chi connectivity index (χ2v) is 5.68. The summed E-state index contributed by atoms with van der Waals surface area (Å²) in [5.41, 5.74) is 2.91. The third-order valence-corrected chi connectivity index (χ3v) is 4.44. The van der Waals surface area contributed by atoms with Crippen LogP contribution in [0.1, 0.15) is 11.1 Å². The molecule has 1 N–H and O–H groups in total. The number of hydrogen-bond acceptors (Lipinski definition) is 3. The van der Waals surface area contributed by atoms with Crippen molar-refractivity contribution in [1.29, 1.82) is 0 Å². The van der Waals surface area contributed by atoms with E-state index in [1.54, 1.807) is 6.20 Å². The number of aromatic nitrogens is 2. The summed E-state index contributed by atoms with van der Waals surface area (Å²) < 4.78 is 1.09. The highest BCUT2D eigenvalue weighted by Gasteiger charge is 2.21. The van der Waals surface area contributed by atoms with Crippen LogP contribution >= 0.6 is 27.5 Å². The molecule has 4 nitrogen and oxygen atoms in total. The summed E-state index contributed by atoms with van der Waals surface area (Å²) in [6, 6.07) is 6.20. The normalized spacial score (nSPS) is 14.3. The molecule has 0 unspecified atom stereocenters. The molecule has 1 aliphatic heterocycles. The number of anilines is 1. The molecular weight excluding hydrogens is 330 g/mol. The number of halogens is 2. The van der Waals surface area contributed by atoms with E-state index in [-0.39, 0.29) is 10.6 Å². The molecule has 6 heteroatoms. The highest BCUT2D eigenvalue weighted by molar-refractivity contribution is 9.10. The summed E-state index contributed by atoms with van der Waals surface area (Å²) in [5.74, 6) is 0. The minimum Gasteiger partial charge on any atom is -0.364 e. The van der Waals surface area contributed by atoms with Crippen molar-refractivity contribution in [1.82, 2.24) is 10.2 Å². The molecule has 1 aromatic heterocycles. The van der Waals surface area contributed by atoms with Gasteiger partial charge < -0.3 is 4.90 Å². The highest BCUT2D eigenvalue weighted by atomic mass is 79.9. The first-order valence-electron chi connectivity index (χ1n) is 5.91. The number of nitrogens with zero attached hydrogens (tertiary/aromatic N) is 2. The Balaban J connectivity index is 2.00. The molecule has 3 rings (SSSR count). The molecule has 0 spiro atoms. The van der Waals surface area contributed by atoms with E-state index in [2.05, 4.69) is 37.1 Å². The molecule has 0 radical (unpaired) electrons. The Bertz CT molecular complexity index is 686. The summed E-state index contributed by atoms with van der Waals surface area (Å²) in [6.45, 7) is 1.55. The Hall–Kier alpha value is -1.33. The van der Waals surface area contributed by atoms with E-state index in [0.717, 1.165) is 24.0 Å². The topological polar surface area (TPSA) is 49.0 Å². The Morgan fingerprint density at radius 2 is 2.26 bits per heavy atom. The standard InChI is InChI=1S/C13H11BrClN3O/c14-10-3-1-2-8-4-5-18(7-9(8)10)11-6-16-17-13(19)12(11)15/h1-3,6H,4-5,7H2,(H,17,19). The molecule has 1 aromatic carbocycles. The Morgan fingerprint density at radius 3 is 3.11 bits per heavy atom. The number of fused-ring (bicyclic) bond motifs is 1. The minimum absolute atomic E-state index is 0.200. The van der Waals surface area contributed by atoms with Gasteiger partial charge in [-0.2, -0.15) is 5.10 Å². The minimum atomic E-state index is -0.350. The van der Waals surface area contributed by atoms with Crippen LogP contribution in [-0.4, -0.2) is 16.7 Å². The van der Waals surface area contributed by atoms with Gasteiger partial charge >= 0.3 is 0 Å². The first-order chi connectivity index (χ1) is 9.16. The van der Waals surface area contributed by atoms with E-state index < -0.39 is 0 Å². The highest BCUT2D eigenvalue weighted by Crippen LogP contribution is 2.31. The van der Waals surface area contributed by atoms with Crippen LogP contribution in [0.15, 0.2) is 33.7 Å². The van der Waals surface area contributed by atoms with Crippen molar-refractivity contribution in [3.63, 3.8) is 0 Å². The molecule has 2 aromatic rings. The second-order valence-electron chi connectivity index (χ2n) is 4.45. The van der Waals surface area contributed by atoms with Gasteiger partial charge in [0.2, 0.25) is 0 Å². The van der Waals surface area contributed by atoms with Gasteiger partial charge in [0.25, 0.3) is 5.56 Å². The smallest absolute Gasteiger partial charge is 0.285 e. The van der Waals surface area contributed by atoms with Crippen LogP contribution in [0.3, 0.4) is 0 Å². The van der Waals surface area contributed by atoms with Crippen molar-refractivity contribution in [3.05, 3.63) is 55.4 Å². The molecule has 0 saturated carbocycles. The fourth-order valence-corrected chi connectivity index (χ4v) is 3.08. The zero-order chi connectivity index (χ0) is 13.4. The molecule has 1 aliphatic rings. The van der Waals surface area contributed by atoms with Crippen molar-refractivity contribution < 1.29 is 0 Å². The van der Waals surface area contributed by atoms with Gasteiger partial charge in [0.1, 0.15) is 5.02 Å². The fourth-order valence-electron chi connectivity index (χ4n) is 2.34. The van der Waals surface area contributed by atoms with E-state index in [0.29, 0.717) is 5.69 Å². The summed E-state index contributed by atoms with van der Waals surface area (Å²) in [7, 11) is 0.